The molecular formula is C12H24N2O2. The van der Waals surface area contributed by atoms with Gasteiger partial charge in [0.15, 0.2) is 0 Å². The Bertz CT molecular complexity index is 238. The van der Waals surface area contributed by atoms with Crippen molar-refractivity contribution in [3.8, 4) is 0 Å². The molecule has 94 valence electrons. The number of hydrogen-bond donors (Lipinski definition) is 2. The van der Waals surface area contributed by atoms with Crippen LogP contribution in [0.25, 0.3) is 0 Å². The van der Waals surface area contributed by atoms with Crippen molar-refractivity contribution in [2.45, 2.75) is 58.7 Å². The average Bonchev–Trinajstić information content (AvgIpc) is 2.08. The molecule has 1 aliphatic heterocycles. The normalized spacial score (nSPS) is 30.9. The molecule has 0 radical (unpaired) electrons. The summed E-state index contributed by atoms with van der Waals surface area (Å²) >= 11 is 0. The molecule has 4 heteroatoms. The lowest BCUT2D eigenvalue weighted by Crippen LogP contribution is -2.56. The van der Waals surface area contributed by atoms with E-state index in [0.29, 0.717) is 12.0 Å². The van der Waals surface area contributed by atoms with E-state index in [1.165, 1.54) is 0 Å². The quantitative estimate of drug-likeness (QED) is 0.720. The molecule has 4 nitrogen and oxygen atoms in total. The Morgan fingerprint density at radius 1 is 1.38 bits per heavy atom. The van der Waals surface area contributed by atoms with Gasteiger partial charge in [0, 0.05) is 12.1 Å². The summed E-state index contributed by atoms with van der Waals surface area (Å²) in [5.74, 6) is 0.490. The zero-order valence-electron chi connectivity index (χ0n) is 11.0. The first-order valence-corrected chi connectivity index (χ1v) is 6.02. The molecular weight excluding hydrogens is 204 g/mol. The Hall–Kier alpha value is -0.770. The highest BCUT2D eigenvalue weighted by Crippen LogP contribution is 2.17. The lowest BCUT2D eigenvalue weighted by Gasteiger charge is -2.36. The van der Waals surface area contributed by atoms with E-state index in [1.807, 2.05) is 20.8 Å². The van der Waals surface area contributed by atoms with Gasteiger partial charge in [-0.2, -0.15) is 0 Å². The Balaban J connectivity index is 2.48. The molecule has 2 N–H and O–H groups in total. The number of carbonyl (C=O) groups is 1. The van der Waals surface area contributed by atoms with Crippen LogP contribution in [-0.4, -0.2) is 30.3 Å². The third-order valence-electron chi connectivity index (χ3n) is 2.90. The van der Waals surface area contributed by atoms with Gasteiger partial charge in [-0.3, -0.25) is 0 Å². The number of amides is 1. The maximum absolute atomic E-state index is 11.7. The van der Waals surface area contributed by atoms with E-state index >= 15 is 0 Å². The first-order valence-electron chi connectivity index (χ1n) is 6.02. The van der Waals surface area contributed by atoms with Crippen LogP contribution < -0.4 is 10.6 Å². The van der Waals surface area contributed by atoms with Gasteiger partial charge in [0.25, 0.3) is 0 Å². The topological polar surface area (TPSA) is 50.4 Å². The second-order valence-electron chi connectivity index (χ2n) is 5.68. The number of hydrogen-bond acceptors (Lipinski definition) is 3. The van der Waals surface area contributed by atoms with Gasteiger partial charge in [-0.05, 0) is 46.6 Å². The summed E-state index contributed by atoms with van der Waals surface area (Å²) in [4.78, 5) is 11.7. The summed E-state index contributed by atoms with van der Waals surface area (Å²) in [5, 5.41) is 6.31. The summed E-state index contributed by atoms with van der Waals surface area (Å²) in [6.45, 7) is 10.9. The van der Waals surface area contributed by atoms with Gasteiger partial charge in [-0.1, -0.05) is 6.92 Å². The number of piperidine rings is 1. The second-order valence-corrected chi connectivity index (χ2v) is 5.68. The van der Waals surface area contributed by atoms with Crippen LogP contribution in [-0.2, 0) is 4.74 Å². The summed E-state index contributed by atoms with van der Waals surface area (Å²) in [6.07, 6.45) is 0.769. The second kappa shape index (κ2) is 5.04. The Morgan fingerprint density at radius 3 is 2.50 bits per heavy atom. The minimum absolute atomic E-state index is 0.156. The number of ether oxygens (including phenoxy) is 1. The van der Waals surface area contributed by atoms with Crippen molar-refractivity contribution in [3.05, 3.63) is 0 Å². The van der Waals surface area contributed by atoms with Gasteiger partial charge in [-0.15, -0.1) is 0 Å². The monoisotopic (exact) mass is 228 g/mol. The highest BCUT2D eigenvalue weighted by molar-refractivity contribution is 5.68. The lowest BCUT2D eigenvalue weighted by molar-refractivity contribution is 0.0460. The summed E-state index contributed by atoms with van der Waals surface area (Å²) < 4.78 is 5.26. The third-order valence-corrected chi connectivity index (χ3v) is 2.90. The molecule has 0 saturated carbocycles. The molecule has 3 atom stereocenters. The Kier molecular flexibility index (Phi) is 4.19. The number of nitrogens with one attached hydrogen (secondary N) is 2. The van der Waals surface area contributed by atoms with Gasteiger partial charge in [-0.25, -0.2) is 4.79 Å². The third kappa shape index (κ3) is 4.00. The SMILES string of the molecule is CC1CCNC(C)C1NC(=O)OC(C)(C)C. The van der Waals surface area contributed by atoms with Crippen molar-refractivity contribution in [2.75, 3.05) is 6.54 Å². The zero-order chi connectivity index (χ0) is 12.3. The maximum atomic E-state index is 11.7. The summed E-state index contributed by atoms with van der Waals surface area (Å²) in [6, 6.07) is 0.458. The van der Waals surface area contributed by atoms with Crippen molar-refractivity contribution >= 4 is 6.09 Å². The van der Waals surface area contributed by atoms with E-state index in [2.05, 4.69) is 24.5 Å². The molecule has 1 rings (SSSR count). The molecule has 3 unspecified atom stereocenters. The van der Waals surface area contributed by atoms with E-state index in [9.17, 15) is 4.79 Å². The van der Waals surface area contributed by atoms with E-state index in [4.69, 9.17) is 4.74 Å². The minimum atomic E-state index is -0.432. The zero-order valence-corrected chi connectivity index (χ0v) is 11.0. The van der Waals surface area contributed by atoms with Crippen LogP contribution in [0.1, 0.15) is 41.0 Å². The van der Waals surface area contributed by atoms with Crippen LogP contribution in [0.5, 0.6) is 0 Å². The molecule has 0 aliphatic carbocycles. The molecule has 1 amide bonds. The number of carbonyl (C=O) groups excluding carboxylic acids is 1. The smallest absolute Gasteiger partial charge is 0.407 e. The summed E-state index contributed by atoms with van der Waals surface area (Å²) in [7, 11) is 0. The molecule has 1 aliphatic rings. The predicted octanol–water partition coefficient (Wildman–Crippen LogP) is 1.90. The molecule has 1 heterocycles. The van der Waals surface area contributed by atoms with E-state index in [0.717, 1.165) is 13.0 Å². The highest BCUT2D eigenvalue weighted by Gasteiger charge is 2.30. The van der Waals surface area contributed by atoms with Crippen molar-refractivity contribution in [1.82, 2.24) is 10.6 Å². The van der Waals surface area contributed by atoms with Crippen molar-refractivity contribution in [3.63, 3.8) is 0 Å². The van der Waals surface area contributed by atoms with Crippen LogP contribution in [0.2, 0.25) is 0 Å². The predicted molar refractivity (Wildman–Crippen MR) is 64.4 cm³/mol. The lowest BCUT2D eigenvalue weighted by atomic mass is 9.89. The molecule has 0 aromatic rings. The number of rotatable bonds is 1. The molecule has 0 aromatic carbocycles. The van der Waals surface area contributed by atoms with E-state index in [1.54, 1.807) is 0 Å². The van der Waals surface area contributed by atoms with Crippen LogP contribution in [0.15, 0.2) is 0 Å². The fourth-order valence-electron chi connectivity index (χ4n) is 2.05. The molecule has 0 bridgehead atoms. The fraction of sp³-hybridized carbons (Fsp3) is 0.917. The first kappa shape index (κ1) is 13.3. The number of alkyl carbamates (subject to hydrolysis) is 1. The Morgan fingerprint density at radius 2 is 2.00 bits per heavy atom. The van der Waals surface area contributed by atoms with Crippen LogP contribution >= 0.6 is 0 Å². The van der Waals surface area contributed by atoms with Gasteiger partial charge in [0.2, 0.25) is 0 Å². The minimum Gasteiger partial charge on any atom is -0.444 e. The van der Waals surface area contributed by atoms with Crippen molar-refractivity contribution in [1.29, 1.82) is 0 Å². The largest absolute Gasteiger partial charge is 0.444 e. The van der Waals surface area contributed by atoms with E-state index < -0.39 is 5.60 Å². The average molecular weight is 228 g/mol. The van der Waals surface area contributed by atoms with Crippen molar-refractivity contribution in [2.24, 2.45) is 5.92 Å². The molecule has 0 aromatic heterocycles. The maximum Gasteiger partial charge on any atom is 0.407 e. The van der Waals surface area contributed by atoms with Crippen LogP contribution in [0.3, 0.4) is 0 Å². The van der Waals surface area contributed by atoms with Gasteiger partial charge in [0.05, 0.1) is 0 Å². The van der Waals surface area contributed by atoms with Crippen LogP contribution in [0.4, 0.5) is 4.79 Å². The van der Waals surface area contributed by atoms with E-state index in [-0.39, 0.29) is 12.1 Å². The first-order chi connectivity index (χ1) is 7.29. The Labute approximate surface area is 98.1 Å². The molecule has 1 saturated heterocycles. The standard InChI is InChI=1S/C12H24N2O2/c1-8-6-7-13-9(2)10(8)14-11(15)16-12(3,4)5/h8-10,13H,6-7H2,1-5H3,(H,14,15). The molecule has 0 spiro atoms. The van der Waals surface area contributed by atoms with Crippen LogP contribution in [0, 0.1) is 5.92 Å². The highest BCUT2D eigenvalue weighted by atomic mass is 16.6. The molecule has 1 fully saturated rings. The molecule has 16 heavy (non-hydrogen) atoms. The van der Waals surface area contributed by atoms with Crippen molar-refractivity contribution < 1.29 is 9.53 Å². The van der Waals surface area contributed by atoms with Gasteiger partial charge in [0.1, 0.15) is 5.60 Å². The van der Waals surface area contributed by atoms with Gasteiger partial charge >= 0.3 is 6.09 Å². The van der Waals surface area contributed by atoms with Gasteiger partial charge < -0.3 is 15.4 Å². The fourth-order valence-corrected chi connectivity index (χ4v) is 2.05. The summed E-state index contributed by atoms with van der Waals surface area (Å²) in [5.41, 5.74) is -0.432.